The summed E-state index contributed by atoms with van der Waals surface area (Å²) >= 11 is 1.78. The Bertz CT molecular complexity index is 501. The molecule has 0 radical (unpaired) electrons. The van der Waals surface area contributed by atoms with Crippen LogP contribution in [0.3, 0.4) is 0 Å². The molecule has 1 amide bonds. The van der Waals surface area contributed by atoms with Gasteiger partial charge in [0.15, 0.2) is 11.5 Å². The smallest absolute Gasteiger partial charge is 0.234 e. The number of rotatable bonds is 8. The van der Waals surface area contributed by atoms with Crippen molar-refractivity contribution < 1.29 is 14.3 Å². The Kier molecular flexibility index (Phi) is 7.59. The van der Waals surface area contributed by atoms with E-state index >= 15 is 0 Å². The SMILES string of the molecule is CCOc1ccc(NC(=O)CSC2CCCCC2)cc1OCC. The molecule has 128 valence electrons. The van der Waals surface area contributed by atoms with E-state index in [0.29, 0.717) is 35.7 Å². The summed E-state index contributed by atoms with van der Waals surface area (Å²) < 4.78 is 11.1. The van der Waals surface area contributed by atoms with Gasteiger partial charge in [-0.25, -0.2) is 0 Å². The van der Waals surface area contributed by atoms with E-state index < -0.39 is 0 Å². The van der Waals surface area contributed by atoms with Gasteiger partial charge in [0.05, 0.1) is 19.0 Å². The number of benzene rings is 1. The van der Waals surface area contributed by atoms with E-state index in [0.717, 1.165) is 5.69 Å². The van der Waals surface area contributed by atoms with Gasteiger partial charge in [-0.1, -0.05) is 19.3 Å². The Morgan fingerprint density at radius 2 is 1.83 bits per heavy atom. The normalized spacial score (nSPS) is 15.2. The summed E-state index contributed by atoms with van der Waals surface area (Å²) in [6.45, 7) is 5.02. The van der Waals surface area contributed by atoms with Gasteiger partial charge in [-0.2, -0.15) is 0 Å². The fourth-order valence-electron chi connectivity index (χ4n) is 2.75. The van der Waals surface area contributed by atoms with Crippen molar-refractivity contribution in [3.8, 4) is 11.5 Å². The number of hydrogen-bond donors (Lipinski definition) is 1. The molecule has 23 heavy (non-hydrogen) atoms. The third kappa shape index (κ3) is 5.98. The molecule has 1 aromatic carbocycles. The second kappa shape index (κ2) is 9.71. The van der Waals surface area contributed by atoms with Crippen molar-refractivity contribution >= 4 is 23.4 Å². The molecule has 0 aliphatic heterocycles. The van der Waals surface area contributed by atoms with Crippen LogP contribution in [-0.2, 0) is 4.79 Å². The van der Waals surface area contributed by atoms with E-state index in [1.165, 1.54) is 32.1 Å². The van der Waals surface area contributed by atoms with Crippen LogP contribution in [0, 0.1) is 0 Å². The van der Waals surface area contributed by atoms with Crippen molar-refractivity contribution in [3.05, 3.63) is 18.2 Å². The Morgan fingerprint density at radius 1 is 1.13 bits per heavy atom. The molecule has 0 spiro atoms. The molecule has 0 aromatic heterocycles. The van der Waals surface area contributed by atoms with E-state index in [4.69, 9.17) is 9.47 Å². The van der Waals surface area contributed by atoms with Crippen LogP contribution in [-0.4, -0.2) is 30.1 Å². The molecule has 1 aliphatic rings. The number of amides is 1. The molecule has 1 aliphatic carbocycles. The van der Waals surface area contributed by atoms with Gasteiger partial charge in [0.25, 0.3) is 0 Å². The molecule has 0 bridgehead atoms. The molecule has 1 saturated carbocycles. The highest BCUT2D eigenvalue weighted by atomic mass is 32.2. The van der Waals surface area contributed by atoms with Crippen molar-refractivity contribution in [2.45, 2.75) is 51.2 Å². The Labute approximate surface area is 143 Å². The Balaban J connectivity index is 1.87. The quantitative estimate of drug-likeness (QED) is 0.759. The lowest BCUT2D eigenvalue weighted by Gasteiger charge is -2.20. The van der Waals surface area contributed by atoms with E-state index in [2.05, 4.69) is 5.32 Å². The number of carbonyl (C=O) groups excluding carboxylic acids is 1. The van der Waals surface area contributed by atoms with E-state index in [1.807, 2.05) is 32.0 Å². The van der Waals surface area contributed by atoms with E-state index in [9.17, 15) is 4.79 Å². The van der Waals surface area contributed by atoms with Gasteiger partial charge in [-0.05, 0) is 38.8 Å². The Hall–Kier alpha value is -1.36. The van der Waals surface area contributed by atoms with Crippen LogP contribution in [0.15, 0.2) is 18.2 Å². The average Bonchev–Trinajstić information content (AvgIpc) is 2.57. The van der Waals surface area contributed by atoms with Gasteiger partial charge in [-0.15, -0.1) is 11.8 Å². The zero-order chi connectivity index (χ0) is 16.5. The molecule has 1 aromatic rings. The van der Waals surface area contributed by atoms with Gasteiger partial charge in [0.1, 0.15) is 0 Å². The van der Waals surface area contributed by atoms with Crippen molar-refractivity contribution in [2.24, 2.45) is 0 Å². The first-order valence-corrected chi connectivity index (χ1v) is 9.59. The third-order valence-electron chi connectivity index (χ3n) is 3.83. The molecule has 2 rings (SSSR count). The van der Waals surface area contributed by atoms with Crippen LogP contribution in [0.5, 0.6) is 11.5 Å². The summed E-state index contributed by atoms with van der Waals surface area (Å²) in [5, 5.41) is 3.60. The first kappa shape index (κ1) is 18.0. The molecule has 0 unspecified atom stereocenters. The molecular weight excluding hydrogens is 310 g/mol. The number of hydrogen-bond acceptors (Lipinski definition) is 4. The first-order chi connectivity index (χ1) is 11.2. The van der Waals surface area contributed by atoms with Crippen molar-refractivity contribution in [3.63, 3.8) is 0 Å². The van der Waals surface area contributed by atoms with Gasteiger partial charge in [0.2, 0.25) is 5.91 Å². The summed E-state index contributed by atoms with van der Waals surface area (Å²) in [5.74, 6) is 1.95. The highest BCUT2D eigenvalue weighted by Crippen LogP contribution is 2.31. The number of nitrogens with one attached hydrogen (secondary N) is 1. The van der Waals surface area contributed by atoms with Gasteiger partial charge in [0, 0.05) is 17.0 Å². The van der Waals surface area contributed by atoms with Crippen LogP contribution in [0.25, 0.3) is 0 Å². The molecular formula is C18H27NO3S. The summed E-state index contributed by atoms with van der Waals surface area (Å²) in [6, 6.07) is 5.53. The molecule has 5 heteroatoms. The predicted octanol–water partition coefficient (Wildman–Crippen LogP) is 4.49. The minimum atomic E-state index is 0.0483. The standard InChI is InChI=1S/C18H27NO3S/c1-3-21-16-11-10-14(12-17(16)22-4-2)19-18(20)13-23-15-8-6-5-7-9-15/h10-12,15H,3-9,13H2,1-2H3,(H,19,20). The summed E-state index contributed by atoms with van der Waals surface area (Å²) in [7, 11) is 0. The largest absolute Gasteiger partial charge is 0.490 e. The van der Waals surface area contributed by atoms with E-state index in [-0.39, 0.29) is 5.91 Å². The zero-order valence-corrected chi connectivity index (χ0v) is 14.9. The topological polar surface area (TPSA) is 47.6 Å². The second-order valence-corrected chi connectivity index (χ2v) is 6.94. The molecule has 0 heterocycles. The van der Waals surface area contributed by atoms with Crippen molar-refractivity contribution in [1.29, 1.82) is 0 Å². The second-order valence-electron chi connectivity index (χ2n) is 5.65. The molecule has 4 nitrogen and oxygen atoms in total. The van der Waals surface area contributed by atoms with Gasteiger partial charge < -0.3 is 14.8 Å². The number of ether oxygens (including phenoxy) is 2. The van der Waals surface area contributed by atoms with Gasteiger partial charge >= 0.3 is 0 Å². The van der Waals surface area contributed by atoms with Crippen LogP contribution in [0.4, 0.5) is 5.69 Å². The van der Waals surface area contributed by atoms with Crippen LogP contribution < -0.4 is 14.8 Å². The lowest BCUT2D eigenvalue weighted by atomic mass is 10.0. The monoisotopic (exact) mass is 337 g/mol. The fourth-order valence-corrected chi connectivity index (χ4v) is 3.88. The van der Waals surface area contributed by atoms with Crippen LogP contribution in [0.2, 0.25) is 0 Å². The highest BCUT2D eigenvalue weighted by Gasteiger charge is 2.15. The third-order valence-corrected chi connectivity index (χ3v) is 5.20. The maximum absolute atomic E-state index is 12.1. The predicted molar refractivity (Wildman–Crippen MR) is 96.7 cm³/mol. The average molecular weight is 337 g/mol. The molecule has 0 saturated heterocycles. The minimum absolute atomic E-state index is 0.0483. The minimum Gasteiger partial charge on any atom is -0.490 e. The van der Waals surface area contributed by atoms with Crippen molar-refractivity contribution in [2.75, 3.05) is 24.3 Å². The first-order valence-electron chi connectivity index (χ1n) is 8.54. The maximum atomic E-state index is 12.1. The summed E-state index contributed by atoms with van der Waals surface area (Å²) in [5.41, 5.74) is 0.756. The van der Waals surface area contributed by atoms with Gasteiger partial charge in [-0.3, -0.25) is 4.79 Å². The lowest BCUT2D eigenvalue weighted by Crippen LogP contribution is -2.18. The number of thioether (sulfide) groups is 1. The van der Waals surface area contributed by atoms with Crippen LogP contribution >= 0.6 is 11.8 Å². The number of carbonyl (C=O) groups is 1. The summed E-state index contributed by atoms with van der Waals surface area (Å²) in [6.07, 6.45) is 6.44. The number of anilines is 1. The zero-order valence-electron chi connectivity index (χ0n) is 14.1. The maximum Gasteiger partial charge on any atom is 0.234 e. The molecule has 1 N–H and O–H groups in total. The fraction of sp³-hybridized carbons (Fsp3) is 0.611. The van der Waals surface area contributed by atoms with Crippen LogP contribution in [0.1, 0.15) is 46.0 Å². The lowest BCUT2D eigenvalue weighted by molar-refractivity contribution is -0.113. The van der Waals surface area contributed by atoms with E-state index in [1.54, 1.807) is 11.8 Å². The van der Waals surface area contributed by atoms with Crippen molar-refractivity contribution in [1.82, 2.24) is 0 Å². The molecule has 1 fully saturated rings. The summed E-state index contributed by atoms with van der Waals surface area (Å²) in [4.78, 5) is 12.1. The highest BCUT2D eigenvalue weighted by molar-refractivity contribution is 8.00. The Morgan fingerprint density at radius 3 is 2.52 bits per heavy atom. The molecule has 0 atom stereocenters.